The first-order chi connectivity index (χ1) is 16.5. The number of hydrogen-bond donors (Lipinski definition) is 3. The number of Topliss-reactive ketones (excluding diaryl/α,β-unsaturated/α-hetero) is 1. The van der Waals surface area contributed by atoms with E-state index in [1.54, 1.807) is 32.4 Å². The standard InChI is InChI=1S/C26H31FN4O4/c1-12-5-18(11-28-23(12)27)29-24(33)19-13(2)21(31(4)14(19)3)22(32)25(34)30-20-16-6-15-7-17(20)10-26(35,8-15)9-16/h5,11,15-17,20,35H,6-10H2,1-4H3,(H,29,33)(H,30,34). The number of carbonyl (C=O) groups excluding carboxylic acids is 3. The molecule has 0 radical (unpaired) electrons. The van der Waals surface area contributed by atoms with Crippen molar-refractivity contribution in [1.29, 1.82) is 0 Å². The van der Waals surface area contributed by atoms with Crippen LogP contribution in [0.25, 0.3) is 0 Å². The molecule has 186 valence electrons. The molecule has 4 saturated carbocycles. The number of amides is 2. The molecule has 4 bridgehead atoms. The summed E-state index contributed by atoms with van der Waals surface area (Å²) >= 11 is 0. The van der Waals surface area contributed by atoms with Crippen LogP contribution in [0.5, 0.6) is 0 Å². The Balaban J connectivity index is 1.35. The van der Waals surface area contributed by atoms with Gasteiger partial charge in [0.15, 0.2) is 0 Å². The second-order valence-corrected chi connectivity index (χ2v) is 10.8. The van der Waals surface area contributed by atoms with E-state index in [1.165, 1.54) is 12.3 Å². The Morgan fingerprint density at radius 1 is 1.14 bits per heavy atom. The molecule has 9 heteroatoms. The number of aryl methyl sites for hydroxylation is 1. The van der Waals surface area contributed by atoms with Crippen molar-refractivity contribution < 1.29 is 23.9 Å². The highest BCUT2D eigenvalue weighted by Gasteiger charge is 2.55. The minimum absolute atomic E-state index is 0.109. The van der Waals surface area contributed by atoms with Gasteiger partial charge in [-0.3, -0.25) is 14.4 Å². The van der Waals surface area contributed by atoms with Gasteiger partial charge in [0, 0.05) is 24.3 Å². The van der Waals surface area contributed by atoms with Crippen LogP contribution in [0.15, 0.2) is 12.3 Å². The highest BCUT2D eigenvalue weighted by molar-refractivity contribution is 6.43. The van der Waals surface area contributed by atoms with Crippen LogP contribution in [0, 0.1) is 44.5 Å². The van der Waals surface area contributed by atoms with Crippen molar-refractivity contribution in [1.82, 2.24) is 14.9 Å². The van der Waals surface area contributed by atoms with Gasteiger partial charge in [-0.05, 0) is 82.3 Å². The van der Waals surface area contributed by atoms with Crippen LogP contribution in [0.2, 0.25) is 0 Å². The molecular weight excluding hydrogens is 451 g/mol. The van der Waals surface area contributed by atoms with Crippen LogP contribution in [-0.4, -0.2) is 43.9 Å². The van der Waals surface area contributed by atoms with Gasteiger partial charge in [0.05, 0.1) is 28.7 Å². The van der Waals surface area contributed by atoms with Crippen molar-refractivity contribution in [2.24, 2.45) is 24.8 Å². The predicted molar refractivity (Wildman–Crippen MR) is 127 cm³/mol. The average Bonchev–Trinajstić information content (AvgIpc) is 2.99. The maximum atomic E-state index is 13.5. The number of anilines is 1. The fourth-order valence-corrected chi connectivity index (χ4v) is 7.00. The number of nitrogens with zero attached hydrogens (tertiary/aromatic N) is 2. The van der Waals surface area contributed by atoms with E-state index in [0.717, 1.165) is 19.3 Å². The molecule has 0 aliphatic heterocycles. The third-order valence-electron chi connectivity index (χ3n) is 8.39. The van der Waals surface area contributed by atoms with Crippen LogP contribution in [-0.2, 0) is 11.8 Å². The number of hydrogen-bond acceptors (Lipinski definition) is 5. The quantitative estimate of drug-likeness (QED) is 0.345. The monoisotopic (exact) mass is 482 g/mol. The Bertz CT molecular complexity index is 1240. The largest absolute Gasteiger partial charge is 0.390 e. The van der Waals surface area contributed by atoms with Crippen molar-refractivity contribution in [2.45, 2.75) is 64.5 Å². The summed E-state index contributed by atoms with van der Waals surface area (Å²) in [6.45, 7) is 4.91. The molecule has 2 unspecified atom stereocenters. The molecule has 3 N–H and O–H groups in total. The van der Waals surface area contributed by atoms with Crippen LogP contribution < -0.4 is 10.6 Å². The zero-order chi connectivity index (χ0) is 25.2. The summed E-state index contributed by atoms with van der Waals surface area (Å²) in [7, 11) is 1.65. The van der Waals surface area contributed by atoms with E-state index >= 15 is 0 Å². The fourth-order valence-electron chi connectivity index (χ4n) is 7.00. The van der Waals surface area contributed by atoms with E-state index in [4.69, 9.17) is 0 Å². The van der Waals surface area contributed by atoms with Crippen LogP contribution in [0.3, 0.4) is 0 Å². The van der Waals surface area contributed by atoms with Gasteiger partial charge in [0.2, 0.25) is 5.95 Å². The molecule has 0 spiro atoms. The number of aromatic nitrogens is 2. The molecule has 35 heavy (non-hydrogen) atoms. The Morgan fingerprint density at radius 2 is 1.80 bits per heavy atom. The average molecular weight is 483 g/mol. The molecule has 0 saturated heterocycles. The topological polar surface area (TPSA) is 113 Å². The Labute approximate surface area is 203 Å². The van der Waals surface area contributed by atoms with Gasteiger partial charge in [0.1, 0.15) is 0 Å². The van der Waals surface area contributed by atoms with E-state index < -0.39 is 29.1 Å². The number of halogens is 1. The second kappa shape index (κ2) is 8.26. The lowest BCUT2D eigenvalue weighted by molar-refractivity contribution is -0.144. The number of aliphatic hydroxyl groups is 1. The molecule has 4 aliphatic rings. The van der Waals surface area contributed by atoms with Crippen LogP contribution >= 0.6 is 0 Å². The number of carbonyl (C=O) groups is 3. The summed E-state index contributed by atoms with van der Waals surface area (Å²) in [6, 6.07) is 1.37. The zero-order valence-corrected chi connectivity index (χ0v) is 20.4. The van der Waals surface area contributed by atoms with Crippen molar-refractivity contribution in [2.75, 3.05) is 5.32 Å². The normalized spacial score (nSPS) is 28.7. The molecule has 2 aromatic rings. The van der Waals surface area contributed by atoms with Gasteiger partial charge >= 0.3 is 0 Å². The van der Waals surface area contributed by atoms with Crippen molar-refractivity contribution in [3.8, 4) is 0 Å². The fraction of sp³-hybridized carbons (Fsp3) is 0.538. The van der Waals surface area contributed by atoms with Gasteiger partial charge in [-0.2, -0.15) is 4.39 Å². The maximum Gasteiger partial charge on any atom is 0.294 e. The van der Waals surface area contributed by atoms with Gasteiger partial charge in [0.25, 0.3) is 17.6 Å². The predicted octanol–water partition coefficient (Wildman–Crippen LogP) is 2.98. The number of rotatable bonds is 5. The lowest BCUT2D eigenvalue weighted by atomic mass is 9.52. The summed E-state index contributed by atoms with van der Waals surface area (Å²) in [6.07, 6.45) is 5.37. The first kappa shape index (κ1) is 23.7. The Morgan fingerprint density at radius 3 is 2.40 bits per heavy atom. The highest BCUT2D eigenvalue weighted by Crippen LogP contribution is 2.55. The van der Waals surface area contributed by atoms with Crippen LogP contribution in [0.1, 0.15) is 69.8 Å². The van der Waals surface area contributed by atoms with Gasteiger partial charge in [-0.15, -0.1) is 0 Å². The summed E-state index contributed by atoms with van der Waals surface area (Å²) in [5.41, 5.74) is 1.44. The first-order valence-electron chi connectivity index (χ1n) is 12.1. The minimum Gasteiger partial charge on any atom is -0.390 e. The van der Waals surface area contributed by atoms with Crippen molar-refractivity contribution in [3.63, 3.8) is 0 Å². The summed E-state index contributed by atoms with van der Waals surface area (Å²) < 4.78 is 15.0. The molecule has 2 heterocycles. The van der Waals surface area contributed by atoms with E-state index in [2.05, 4.69) is 15.6 Å². The zero-order valence-electron chi connectivity index (χ0n) is 20.4. The van der Waals surface area contributed by atoms with Gasteiger partial charge in [-0.25, -0.2) is 4.98 Å². The Hall–Kier alpha value is -3.07. The van der Waals surface area contributed by atoms with E-state index in [-0.39, 0.29) is 23.6 Å². The third-order valence-corrected chi connectivity index (χ3v) is 8.39. The Kier molecular flexibility index (Phi) is 5.58. The molecule has 4 fully saturated rings. The molecule has 8 nitrogen and oxygen atoms in total. The second-order valence-electron chi connectivity index (χ2n) is 10.8. The number of nitrogens with one attached hydrogen (secondary N) is 2. The van der Waals surface area contributed by atoms with Crippen molar-refractivity contribution in [3.05, 3.63) is 46.3 Å². The third kappa shape index (κ3) is 3.95. The molecule has 6 rings (SSSR count). The first-order valence-corrected chi connectivity index (χ1v) is 12.1. The minimum atomic E-state index is -0.682. The maximum absolute atomic E-state index is 13.5. The molecular formula is C26H31FN4O4. The van der Waals surface area contributed by atoms with E-state index in [1.807, 2.05) is 0 Å². The molecule has 4 aliphatic carbocycles. The lowest BCUT2D eigenvalue weighted by Gasteiger charge is -2.58. The van der Waals surface area contributed by atoms with Crippen molar-refractivity contribution >= 4 is 23.3 Å². The SMILES string of the molecule is Cc1cc(NC(=O)c2c(C)c(C(=O)C(=O)NC3C4CC5CC3CC(O)(C5)C4)n(C)c2C)cnc1F. The molecule has 0 aromatic carbocycles. The van der Waals surface area contributed by atoms with E-state index in [0.29, 0.717) is 46.8 Å². The lowest BCUT2D eigenvalue weighted by Crippen LogP contribution is -2.62. The van der Waals surface area contributed by atoms with Gasteiger partial charge < -0.3 is 20.3 Å². The molecule has 2 aromatic heterocycles. The number of ketones is 1. The number of pyridine rings is 1. The smallest absolute Gasteiger partial charge is 0.294 e. The summed E-state index contributed by atoms with van der Waals surface area (Å²) in [4.78, 5) is 43.0. The summed E-state index contributed by atoms with van der Waals surface area (Å²) in [5.74, 6) is -1.55. The molecule has 2 amide bonds. The highest BCUT2D eigenvalue weighted by atomic mass is 19.1. The van der Waals surface area contributed by atoms with Gasteiger partial charge in [-0.1, -0.05) is 0 Å². The molecule has 2 atom stereocenters. The summed E-state index contributed by atoms with van der Waals surface area (Å²) in [5, 5.41) is 16.5. The van der Waals surface area contributed by atoms with E-state index in [9.17, 15) is 23.9 Å². The van der Waals surface area contributed by atoms with Crippen LogP contribution in [0.4, 0.5) is 10.1 Å².